The van der Waals surface area contributed by atoms with E-state index in [0.29, 0.717) is 25.0 Å². The molecule has 1 N–H and O–H groups in total. The summed E-state index contributed by atoms with van der Waals surface area (Å²) in [4.78, 5) is 26.1. The first-order valence-corrected chi connectivity index (χ1v) is 13.2. The van der Waals surface area contributed by atoms with Crippen molar-refractivity contribution in [2.24, 2.45) is 5.92 Å². The van der Waals surface area contributed by atoms with Crippen molar-refractivity contribution in [3.05, 3.63) is 64.6 Å². The summed E-state index contributed by atoms with van der Waals surface area (Å²) in [6.45, 7) is 7.46. The van der Waals surface area contributed by atoms with Gasteiger partial charge in [-0.05, 0) is 67.9 Å². The SMILES string of the molecule is Cc1ccc(C2CC2)cnc(CN2CCN(C(=O)C3CCOCC3)CC2)c(-c2ccc(Cl)cc2)[nH]1. The van der Waals surface area contributed by atoms with E-state index in [1.54, 1.807) is 0 Å². The molecule has 2 saturated heterocycles. The molecule has 3 aliphatic rings. The topological polar surface area (TPSA) is 61.5 Å². The Kier molecular flexibility index (Phi) is 7.71. The molecule has 0 bridgehead atoms. The average molecular weight is 495 g/mol. The Balaban J connectivity index is 1.38. The number of piperazine rings is 1. The number of aryl methyl sites for hydroxylation is 1. The van der Waals surface area contributed by atoms with E-state index in [1.807, 2.05) is 29.2 Å². The van der Waals surface area contributed by atoms with Crippen LogP contribution in [0.1, 0.15) is 48.6 Å². The third-order valence-corrected chi connectivity index (χ3v) is 7.57. The zero-order chi connectivity index (χ0) is 24.2. The van der Waals surface area contributed by atoms with Crippen molar-refractivity contribution in [2.45, 2.75) is 45.1 Å². The molecule has 0 unspecified atom stereocenters. The van der Waals surface area contributed by atoms with Crippen LogP contribution in [0.4, 0.5) is 0 Å². The normalized spacial score (nSPS) is 19.4. The van der Waals surface area contributed by atoms with E-state index in [4.69, 9.17) is 21.3 Å². The number of benzene rings is 1. The highest BCUT2D eigenvalue weighted by Crippen LogP contribution is 2.39. The fourth-order valence-electron chi connectivity index (χ4n) is 4.97. The van der Waals surface area contributed by atoms with Crippen LogP contribution in [0.3, 0.4) is 0 Å². The van der Waals surface area contributed by atoms with Gasteiger partial charge in [-0.15, -0.1) is 0 Å². The van der Waals surface area contributed by atoms with Crippen molar-refractivity contribution in [3.8, 4) is 11.3 Å². The van der Waals surface area contributed by atoms with Crippen molar-refractivity contribution < 1.29 is 9.53 Å². The Hall–Kier alpha value is -2.41. The summed E-state index contributed by atoms with van der Waals surface area (Å²) in [7, 11) is 0. The van der Waals surface area contributed by atoms with E-state index in [1.165, 1.54) is 18.4 Å². The van der Waals surface area contributed by atoms with Crippen LogP contribution in [0.5, 0.6) is 0 Å². The maximum absolute atomic E-state index is 13.0. The van der Waals surface area contributed by atoms with Crippen LogP contribution in [-0.4, -0.2) is 65.1 Å². The lowest BCUT2D eigenvalue weighted by Gasteiger charge is -2.37. The van der Waals surface area contributed by atoms with E-state index in [-0.39, 0.29) is 5.92 Å². The number of hydrogen-bond acceptors (Lipinski definition) is 4. The number of nitrogens with one attached hydrogen (secondary N) is 1. The van der Waals surface area contributed by atoms with Gasteiger partial charge in [0, 0.05) is 68.8 Å². The Morgan fingerprint density at radius 3 is 2.43 bits per heavy atom. The monoisotopic (exact) mass is 494 g/mol. The van der Waals surface area contributed by atoms with Gasteiger partial charge in [0.25, 0.3) is 0 Å². The van der Waals surface area contributed by atoms with Gasteiger partial charge in [-0.2, -0.15) is 0 Å². The number of carbonyl (C=O) groups is 1. The van der Waals surface area contributed by atoms with Gasteiger partial charge in [0.05, 0.1) is 11.4 Å². The lowest BCUT2D eigenvalue weighted by molar-refractivity contribution is -0.140. The number of H-pyrrole nitrogens is 1. The molecule has 7 heteroatoms. The number of hydrogen-bond donors (Lipinski definition) is 1. The molecule has 0 spiro atoms. The minimum Gasteiger partial charge on any atom is -0.381 e. The van der Waals surface area contributed by atoms with Crippen LogP contribution in [0.25, 0.3) is 11.3 Å². The molecule has 1 aliphatic carbocycles. The third kappa shape index (κ3) is 6.24. The highest BCUT2D eigenvalue weighted by molar-refractivity contribution is 6.30. The lowest BCUT2D eigenvalue weighted by Crippen LogP contribution is -2.50. The van der Waals surface area contributed by atoms with E-state index < -0.39 is 0 Å². The van der Waals surface area contributed by atoms with E-state index in [2.05, 4.69) is 35.1 Å². The van der Waals surface area contributed by atoms with Crippen molar-refractivity contribution in [1.29, 1.82) is 0 Å². The molecule has 35 heavy (non-hydrogen) atoms. The largest absolute Gasteiger partial charge is 0.381 e. The molecule has 0 atom stereocenters. The van der Waals surface area contributed by atoms with Crippen molar-refractivity contribution in [2.75, 3.05) is 39.4 Å². The molecular weight excluding hydrogens is 460 g/mol. The van der Waals surface area contributed by atoms with Crippen LogP contribution < -0.4 is 0 Å². The first kappa shape index (κ1) is 24.3. The molecule has 186 valence electrons. The van der Waals surface area contributed by atoms with E-state index in [0.717, 1.165) is 73.2 Å². The molecule has 3 fully saturated rings. The summed E-state index contributed by atoms with van der Waals surface area (Å²) < 4.78 is 5.43. The molecule has 1 aromatic carbocycles. The predicted molar refractivity (Wildman–Crippen MR) is 139 cm³/mol. The summed E-state index contributed by atoms with van der Waals surface area (Å²) in [5, 5.41) is 0.720. The maximum Gasteiger partial charge on any atom is 0.225 e. The van der Waals surface area contributed by atoms with E-state index >= 15 is 0 Å². The van der Waals surface area contributed by atoms with Crippen LogP contribution >= 0.6 is 11.6 Å². The number of aromatic nitrogens is 2. The number of rotatable bonds is 5. The second kappa shape index (κ2) is 11.1. The highest BCUT2D eigenvalue weighted by atomic mass is 35.5. The Morgan fingerprint density at radius 2 is 1.74 bits per heavy atom. The second-order valence-electron chi connectivity index (χ2n) is 9.99. The molecule has 5 rings (SSSR count). The Morgan fingerprint density at radius 1 is 1.03 bits per heavy atom. The van der Waals surface area contributed by atoms with Crippen molar-refractivity contribution in [1.82, 2.24) is 19.8 Å². The number of amides is 1. The summed E-state index contributed by atoms with van der Waals surface area (Å²) in [6, 6.07) is 12.3. The molecular formula is C28H35ClN4O2. The second-order valence-corrected chi connectivity index (χ2v) is 10.4. The number of nitrogens with zero attached hydrogens (tertiary/aromatic N) is 3. The van der Waals surface area contributed by atoms with E-state index in [9.17, 15) is 4.79 Å². The number of carbonyl (C=O) groups excluding carboxylic acids is 1. The third-order valence-electron chi connectivity index (χ3n) is 7.32. The van der Waals surface area contributed by atoms with Gasteiger partial charge in [-0.3, -0.25) is 14.7 Å². The fraction of sp³-hybridized carbons (Fsp3) is 0.500. The molecule has 1 amide bonds. The summed E-state index contributed by atoms with van der Waals surface area (Å²) in [5.74, 6) is 1.05. The Labute approximate surface area is 213 Å². The molecule has 2 aliphatic heterocycles. The summed E-state index contributed by atoms with van der Waals surface area (Å²) in [5.41, 5.74) is 5.48. The zero-order valence-corrected chi connectivity index (χ0v) is 21.3. The molecule has 1 aromatic heterocycles. The quantitative estimate of drug-likeness (QED) is 0.627. The molecule has 6 nitrogen and oxygen atoms in total. The zero-order valence-electron chi connectivity index (χ0n) is 20.5. The van der Waals surface area contributed by atoms with Crippen LogP contribution in [0.15, 0.2) is 42.6 Å². The summed E-state index contributed by atoms with van der Waals surface area (Å²) >= 11 is 6.18. The first-order valence-electron chi connectivity index (χ1n) is 12.8. The maximum atomic E-state index is 13.0. The molecule has 0 radical (unpaired) electrons. The van der Waals surface area contributed by atoms with Crippen molar-refractivity contribution in [3.63, 3.8) is 0 Å². The van der Waals surface area contributed by atoms with Gasteiger partial charge >= 0.3 is 0 Å². The number of ether oxygens (including phenoxy) is 1. The number of halogens is 1. The predicted octanol–water partition coefficient (Wildman–Crippen LogP) is 5.11. The van der Waals surface area contributed by atoms with Crippen LogP contribution in [0, 0.1) is 12.8 Å². The van der Waals surface area contributed by atoms with Gasteiger partial charge in [0.1, 0.15) is 0 Å². The molecule has 3 heterocycles. The highest BCUT2D eigenvalue weighted by Gasteiger charge is 2.29. The lowest BCUT2D eigenvalue weighted by atomic mass is 9.98. The standard InChI is InChI=1S/C28H35ClN4O2/c1-20-2-3-24(21-4-5-21)18-30-26(27(31-20)22-6-8-25(29)9-7-22)19-32-12-14-33(15-13-32)28(34)23-10-16-35-17-11-23/h2-3,6-9,18,21,23,31H,4-5,10-17,19H2,1H3. The van der Waals surface area contributed by atoms with Gasteiger partial charge in [-0.25, -0.2) is 0 Å². The van der Waals surface area contributed by atoms with Crippen molar-refractivity contribution >= 4 is 17.5 Å². The minimum atomic E-state index is 0.125. The van der Waals surface area contributed by atoms with Gasteiger partial charge in [-0.1, -0.05) is 29.8 Å². The van der Waals surface area contributed by atoms with Gasteiger partial charge in [0.15, 0.2) is 0 Å². The smallest absolute Gasteiger partial charge is 0.225 e. The fourth-order valence-corrected chi connectivity index (χ4v) is 5.09. The van der Waals surface area contributed by atoms with Gasteiger partial charge in [0.2, 0.25) is 5.91 Å². The number of aromatic amines is 1. The average Bonchev–Trinajstić information content (AvgIpc) is 3.72. The summed E-state index contributed by atoms with van der Waals surface area (Å²) in [6.07, 6.45) is 6.24. The van der Waals surface area contributed by atoms with Crippen LogP contribution in [0.2, 0.25) is 5.02 Å². The minimum absolute atomic E-state index is 0.125. The van der Waals surface area contributed by atoms with Gasteiger partial charge < -0.3 is 14.6 Å². The Bertz CT molecular complexity index is 1080. The molecule has 2 aromatic rings. The molecule has 1 saturated carbocycles. The first-order chi connectivity index (χ1) is 17.1. The van der Waals surface area contributed by atoms with Crippen LogP contribution in [-0.2, 0) is 16.1 Å².